The van der Waals surface area contributed by atoms with Gasteiger partial charge in [-0.3, -0.25) is 14.6 Å². The van der Waals surface area contributed by atoms with Gasteiger partial charge in [-0.1, -0.05) is 0 Å². The van der Waals surface area contributed by atoms with Crippen molar-refractivity contribution in [3.63, 3.8) is 0 Å². The molecule has 3 aromatic rings. The van der Waals surface area contributed by atoms with E-state index in [0.717, 1.165) is 11.1 Å². The Labute approximate surface area is 200 Å². The number of pyridine rings is 1. The van der Waals surface area contributed by atoms with Crippen LogP contribution in [0.4, 0.5) is 10.3 Å². The third-order valence-electron chi connectivity index (χ3n) is 5.09. The molecule has 0 spiro atoms. The van der Waals surface area contributed by atoms with Crippen molar-refractivity contribution in [2.45, 2.75) is 26.3 Å². The summed E-state index contributed by atoms with van der Waals surface area (Å²) in [6.45, 7) is 4.28. The van der Waals surface area contributed by atoms with Crippen molar-refractivity contribution in [2.75, 3.05) is 18.4 Å². The normalized spacial score (nSPS) is 16.2. The number of carboxylic acids is 1. The molecule has 1 amide bonds. The molecule has 0 aromatic carbocycles. The number of likely N-dealkylation sites (tertiary alicyclic amines) is 1. The van der Waals surface area contributed by atoms with Gasteiger partial charge in [-0.05, 0) is 38.0 Å². The first-order chi connectivity index (χ1) is 14.3. The Hall–Kier alpha value is -2.56. The summed E-state index contributed by atoms with van der Waals surface area (Å²) in [6, 6.07) is 2.92. The van der Waals surface area contributed by atoms with Crippen LogP contribution < -0.4 is 5.32 Å². The summed E-state index contributed by atoms with van der Waals surface area (Å²) >= 11 is 1.42. The molecule has 2 N–H and O–H groups in total. The second kappa shape index (κ2) is 10.4. The SMILES string of the molecule is Cc1cc2nc(N[C@@H](C)c3cncc(F)c3)nc(C(=O)N3CC[C@@H](C(=O)O)C3)c2s1.Cl.Cl. The van der Waals surface area contributed by atoms with Gasteiger partial charge in [0.2, 0.25) is 5.95 Å². The van der Waals surface area contributed by atoms with Gasteiger partial charge >= 0.3 is 5.97 Å². The summed E-state index contributed by atoms with van der Waals surface area (Å²) in [7, 11) is 0. The van der Waals surface area contributed by atoms with Crippen molar-refractivity contribution in [1.29, 1.82) is 0 Å². The van der Waals surface area contributed by atoms with Gasteiger partial charge in [0.05, 0.1) is 28.4 Å². The molecular formula is C20H22Cl2FN5O3S. The predicted molar refractivity (Wildman–Crippen MR) is 125 cm³/mol. The van der Waals surface area contributed by atoms with E-state index in [-0.39, 0.29) is 55.0 Å². The predicted octanol–water partition coefficient (Wildman–Crippen LogP) is 4.10. The van der Waals surface area contributed by atoms with E-state index in [1.165, 1.54) is 22.3 Å². The minimum Gasteiger partial charge on any atom is -0.481 e. The van der Waals surface area contributed by atoms with Crippen LogP contribution in [0.5, 0.6) is 0 Å². The zero-order valence-electron chi connectivity index (χ0n) is 17.2. The molecule has 0 aliphatic carbocycles. The van der Waals surface area contributed by atoms with E-state index in [1.54, 1.807) is 6.20 Å². The molecule has 4 heterocycles. The Morgan fingerprint density at radius 3 is 2.69 bits per heavy atom. The van der Waals surface area contributed by atoms with Gasteiger partial charge in [0.25, 0.3) is 5.91 Å². The van der Waals surface area contributed by atoms with Gasteiger partial charge in [-0.15, -0.1) is 36.2 Å². The van der Waals surface area contributed by atoms with Gasteiger partial charge in [0.1, 0.15) is 5.82 Å². The number of aryl methyl sites for hydroxylation is 1. The number of hydrogen-bond acceptors (Lipinski definition) is 7. The number of halogens is 3. The Balaban J connectivity index is 0.00000181. The van der Waals surface area contributed by atoms with Crippen LogP contribution >= 0.6 is 36.2 Å². The second-order valence-corrected chi connectivity index (χ2v) is 8.60. The average Bonchev–Trinajstić information content (AvgIpc) is 3.33. The molecule has 3 aromatic heterocycles. The summed E-state index contributed by atoms with van der Waals surface area (Å²) in [5, 5.41) is 12.3. The van der Waals surface area contributed by atoms with Crippen LogP contribution in [0.25, 0.3) is 10.2 Å². The van der Waals surface area contributed by atoms with Crippen molar-refractivity contribution >= 4 is 64.2 Å². The van der Waals surface area contributed by atoms with Gasteiger partial charge in [-0.2, -0.15) is 0 Å². The lowest BCUT2D eigenvalue weighted by atomic mass is 10.1. The number of rotatable bonds is 5. The lowest BCUT2D eigenvalue weighted by Gasteiger charge is -2.18. The Kier molecular flexibility index (Phi) is 8.33. The first kappa shape index (κ1) is 25.7. The van der Waals surface area contributed by atoms with Gasteiger partial charge in [-0.25, -0.2) is 14.4 Å². The summed E-state index contributed by atoms with van der Waals surface area (Å²) in [4.78, 5) is 39.7. The van der Waals surface area contributed by atoms with Crippen molar-refractivity contribution in [3.05, 3.63) is 46.5 Å². The third kappa shape index (κ3) is 5.25. The summed E-state index contributed by atoms with van der Waals surface area (Å²) < 4.78 is 14.2. The summed E-state index contributed by atoms with van der Waals surface area (Å²) in [5.41, 5.74) is 1.50. The van der Waals surface area contributed by atoms with Gasteiger partial charge in [0.15, 0.2) is 5.69 Å². The monoisotopic (exact) mass is 501 g/mol. The number of amides is 1. The topological polar surface area (TPSA) is 108 Å². The highest BCUT2D eigenvalue weighted by molar-refractivity contribution is 7.19. The zero-order valence-corrected chi connectivity index (χ0v) is 19.7. The smallest absolute Gasteiger partial charge is 0.308 e. The fourth-order valence-corrected chi connectivity index (χ4v) is 4.43. The number of carbonyl (C=O) groups excluding carboxylic acids is 1. The molecule has 1 fully saturated rings. The van der Waals surface area contributed by atoms with Gasteiger partial charge in [0, 0.05) is 24.2 Å². The number of anilines is 1. The number of carboxylic acid groups (broad SMARTS) is 1. The minimum atomic E-state index is -0.898. The molecule has 32 heavy (non-hydrogen) atoms. The number of aromatic nitrogens is 3. The molecule has 172 valence electrons. The number of hydrogen-bond donors (Lipinski definition) is 2. The van der Waals surface area contributed by atoms with E-state index >= 15 is 0 Å². The van der Waals surface area contributed by atoms with E-state index in [2.05, 4.69) is 20.3 Å². The zero-order chi connectivity index (χ0) is 21.4. The van der Waals surface area contributed by atoms with Crippen LogP contribution in [0, 0.1) is 18.7 Å². The van der Waals surface area contributed by atoms with Crippen LogP contribution in [0.2, 0.25) is 0 Å². The van der Waals surface area contributed by atoms with Crippen molar-refractivity contribution in [3.8, 4) is 0 Å². The molecule has 1 aliphatic heterocycles. The fourth-order valence-electron chi connectivity index (χ4n) is 3.50. The summed E-state index contributed by atoms with van der Waals surface area (Å²) in [5.74, 6) is -1.96. The van der Waals surface area contributed by atoms with E-state index in [1.807, 2.05) is 19.9 Å². The lowest BCUT2D eigenvalue weighted by Crippen LogP contribution is -2.31. The molecule has 0 bridgehead atoms. The molecule has 12 heteroatoms. The lowest BCUT2D eigenvalue weighted by molar-refractivity contribution is -0.141. The molecule has 1 aliphatic rings. The number of carbonyl (C=O) groups is 2. The maximum atomic E-state index is 13.5. The quantitative estimate of drug-likeness (QED) is 0.541. The van der Waals surface area contributed by atoms with Crippen LogP contribution in [0.3, 0.4) is 0 Å². The maximum absolute atomic E-state index is 13.5. The van der Waals surface area contributed by atoms with Crippen LogP contribution in [-0.4, -0.2) is 49.9 Å². The molecule has 1 saturated heterocycles. The first-order valence-electron chi connectivity index (χ1n) is 9.49. The van der Waals surface area contributed by atoms with Gasteiger partial charge < -0.3 is 15.3 Å². The van der Waals surface area contributed by atoms with E-state index in [0.29, 0.717) is 28.7 Å². The largest absolute Gasteiger partial charge is 0.481 e. The molecule has 0 radical (unpaired) electrons. The number of fused-ring (bicyclic) bond motifs is 1. The number of nitrogens with one attached hydrogen (secondary N) is 1. The van der Waals surface area contributed by atoms with Crippen molar-refractivity contribution in [1.82, 2.24) is 19.9 Å². The molecular weight excluding hydrogens is 480 g/mol. The third-order valence-corrected chi connectivity index (χ3v) is 6.14. The maximum Gasteiger partial charge on any atom is 0.308 e. The Morgan fingerprint density at radius 1 is 1.28 bits per heavy atom. The van der Waals surface area contributed by atoms with Crippen molar-refractivity contribution in [2.24, 2.45) is 5.92 Å². The van der Waals surface area contributed by atoms with Crippen LogP contribution in [-0.2, 0) is 4.79 Å². The Bertz CT molecular complexity index is 1150. The minimum absolute atomic E-state index is 0. The van der Waals surface area contributed by atoms with Crippen LogP contribution in [0.1, 0.15) is 40.3 Å². The Morgan fingerprint density at radius 2 is 2.03 bits per heavy atom. The van der Waals surface area contributed by atoms with Crippen molar-refractivity contribution < 1.29 is 19.1 Å². The molecule has 0 unspecified atom stereocenters. The van der Waals surface area contributed by atoms with E-state index < -0.39 is 17.7 Å². The second-order valence-electron chi connectivity index (χ2n) is 7.34. The molecule has 4 rings (SSSR count). The highest BCUT2D eigenvalue weighted by atomic mass is 35.5. The highest BCUT2D eigenvalue weighted by Gasteiger charge is 2.33. The van der Waals surface area contributed by atoms with E-state index in [9.17, 15) is 19.1 Å². The average molecular weight is 502 g/mol. The first-order valence-corrected chi connectivity index (χ1v) is 10.3. The number of nitrogens with zero attached hydrogens (tertiary/aromatic N) is 4. The highest BCUT2D eigenvalue weighted by Crippen LogP contribution is 2.30. The molecule has 8 nitrogen and oxygen atoms in total. The van der Waals surface area contributed by atoms with Crippen LogP contribution in [0.15, 0.2) is 24.5 Å². The van der Waals surface area contributed by atoms with E-state index in [4.69, 9.17) is 0 Å². The molecule has 2 atom stereocenters. The number of thiophene rings is 1. The number of aliphatic carboxylic acids is 1. The molecule has 0 saturated carbocycles. The fraction of sp³-hybridized carbons (Fsp3) is 0.350. The summed E-state index contributed by atoms with van der Waals surface area (Å²) in [6.07, 6.45) is 3.11. The standard InChI is InChI=1S/C20H20FN5O3S.2ClH/c1-10-5-15-17(30-10)16(18(27)26-4-3-12(9-26)19(28)29)25-20(24-15)23-11(2)13-6-14(21)8-22-7-13;;/h5-8,11-12H,3-4,9H2,1-2H3,(H,28,29)(H,23,24,25);2*1H/t11-,12+;;/m0../s1.